The van der Waals surface area contributed by atoms with Crippen LogP contribution in [0, 0.1) is 13.8 Å². The molecule has 0 saturated carbocycles. The lowest BCUT2D eigenvalue weighted by atomic mass is 9.89. The topological polar surface area (TPSA) is 65.3 Å². The normalized spacial score (nSPS) is 18.2. The zero-order valence-corrected chi connectivity index (χ0v) is 23.5. The molecule has 8 heteroatoms. The highest BCUT2D eigenvalue weighted by Crippen LogP contribution is 2.33. The number of hydrogen-bond acceptors (Lipinski definition) is 6. The summed E-state index contributed by atoms with van der Waals surface area (Å²) in [7, 11) is 0.590. The van der Waals surface area contributed by atoms with Gasteiger partial charge in [-0.3, -0.25) is 9.47 Å². The van der Waals surface area contributed by atoms with Crippen LogP contribution in [0.2, 0.25) is 25.7 Å². The molecule has 0 aliphatic carbocycles. The average Bonchev–Trinajstić information content (AvgIpc) is 3.14. The van der Waals surface area contributed by atoms with Gasteiger partial charge >= 0.3 is 0 Å². The minimum Gasteiger partial charge on any atom is -0.481 e. The van der Waals surface area contributed by atoms with E-state index in [-0.39, 0.29) is 6.04 Å². The maximum Gasteiger partial charge on any atom is 0.213 e. The Morgan fingerprint density at radius 1 is 1.14 bits per heavy atom. The van der Waals surface area contributed by atoms with E-state index in [1.165, 1.54) is 24.0 Å². The van der Waals surface area contributed by atoms with Gasteiger partial charge in [0, 0.05) is 45.2 Å². The lowest BCUT2D eigenvalue weighted by molar-refractivity contribution is 0.0881. The molecule has 190 valence electrons. The molecular formula is C27H41N5O2Si. The van der Waals surface area contributed by atoms with E-state index in [4.69, 9.17) is 19.4 Å². The Bertz CT molecular complexity index is 1160. The predicted octanol–water partition coefficient (Wildman–Crippen LogP) is 5.70. The van der Waals surface area contributed by atoms with E-state index in [0.29, 0.717) is 18.5 Å². The highest BCUT2D eigenvalue weighted by Gasteiger charge is 2.27. The number of methoxy groups -OCH3 is 1. The molecular weight excluding hydrogens is 454 g/mol. The van der Waals surface area contributed by atoms with Gasteiger partial charge < -0.3 is 9.47 Å². The van der Waals surface area contributed by atoms with Crippen LogP contribution in [-0.4, -0.2) is 59.3 Å². The third-order valence-electron chi connectivity index (χ3n) is 7.13. The lowest BCUT2D eigenvalue weighted by Crippen LogP contribution is -2.36. The minimum atomic E-state index is -1.10. The van der Waals surface area contributed by atoms with Crippen molar-refractivity contribution in [1.82, 2.24) is 24.4 Å². The van der Waals surface area contributed by atoms with Gasteiger partial charge in [0.15, 0.2) is 5.65 Å². The Labute approximate surface area is 210 Å². The summed E-state index contributed by atoms with van der Waals surface area (Å²) in [6.45, 7) is 16.9. The molecule has 4 rings (SSSR count). The molecule has 7 nitrogen and oxygen atoms in total. The van der Waals surface area contributed by atoms with E-state index in [1.807, 2.05) is 20.0 Å². The first kappa shape index (κ1) is 25.8. The van der Waals surface area contributed by atoms with Crippen LogP contribution in [0.3, 0.4) is 0 Å². The van der Waals surface area contributed by atoms with Crippen LogP contribution in [-0.2, 0) is 11.5 Å². The number of imidazole rings is 1. The van der Waals surface area contributed by atoms with Crippen LogP contribution in [0.25, 0.3) is 11.2 Å². The third-order valence-corrected chi connectivity index (χ3v) is 8.83. The Hall–Kier alpha value is -2.29. The summed E-state index contributed by atoms with van der Waals surface area (Å²) in [6.07, 6.45) is 4.39. The first-order valence-corrected chi connectivity index (χ1v) is 16.5. The van der Waals surface area contributed by atoms with Gasteiger partial charge in [-0.05, 0) is 75.4 Å². The number of hydrogen-bond donors (Lipinski definition) is 0. The molecule has 1 fully saturated rings. The van der Waals surface area contributed by atoms with Crippen molar-refractivity contribution in [2.24, 2.45) is 0 Å². The van der Waals surface area contributed by atoms with E-state index in [2.05, 4.69) is 59.2 Å². The van der Waals surface area contributed by atoms with Crippen LogP contribution >= 0.6 is 0 Å². The van der Waals surface area contributed by atoms with E-state index >= 15 is 0 Å². The molecule has 35 heavy (non-hydrogen) atoms. The zero-order valence-electron chi connectivity index (χ0n) is 22.5. The maximum atomic E-state index is 5.99. The van der Waals surface area contributed by atoms with Crippen LogP contribution in [0.1, 0.15) is 54.4 Å². The average molecular weight is 496 g/mol. The third kappa shape index (κ3) is 6.29. The van der Waals surface area contributed by atoms with Crippen molar-refractivity contribution in [2.45, 2.75) is 78.0 Å². The zero-order chi connectivity index (χ0) is 25.2. The first-order valence-electron chi connectivity index (χ1n) is 12.8. The molecule has 4 heterocycles. The lowest BCUT2D eigenvalue weighted by Gasteiger charge is -2.37. The van der Waals surface area contributed by atoms with Gasteiger partial charge in [-0.15, -0.1) is 0 Å². The fourth-order valence-electron chi connectivity index (χ4n) is 4.90. The molecule has 0 aromatic carbocycles. The van der Waals surface area contributed by atoms with Crippen molar-refractivity contribution < 1.29 is 9.47 Å². The second kappa shape index (κ2) is 10.8. The maximum absolute atomic E-state index is 5.99. The van der Waals surface area contributed by atoms with Gasteiger partial charge in [0.05, 0.1) is 7.11 Å². The Morgan fingerprint density at radius 2 is 1.94 bits per heavy atom. The molecule has 2 unspecified atom stereocenters. The number of aryl methyl sites for hydroxylation is 2. The fourth-order valence-corrected chi connectivity index (χ4v) is 5.66. The van der Waals surface area contributed by atoms with Crippen LogP contribution in [0.15, 0.2) is 24.4 Å². The number of nitrogens with zero attached hydrogens (tertiary/aromatic N) is 5. The van der Waals surface area contributed by atoms with Crippen molar-refractivity contribution in [1.29, 1.82) is 0 Å². The largest absolute Gasteiger partial charge is 0.481 e. The number of rotatable bonds is 9. The van der Waals surface area contributed by atoms with Crippen LogP contribution in [0.4, 0.5) is 0 Å². The summed E-state index contributed by atoms with van der Waals surface area (Å²) in [5.74, 6) is 2.13. The van der Waals surface area contributed by atoms with E-state index in [1.54, 1.807) is 7.11 Å². The second-order valence-corrected chi connectivity index (χ2v) is 16.8. The molecule has 1 aliphatic rings. The molecule has 1 aliphatic heterocycles. The summed E-state index contributed by atoms with van der Waals surface area (Å²) in [6, 6.07) is 7.95. The molecule has 0 spiro atoms. The molecule has 0 bridgehead atoms. The Kier molecular flexibility index (Phi) is 7.93. The van der Waals surface area contributed by atoms with Gasteiger partial charge in [-0.1, -0.05) is 19.6 Å². The molecule has 0 N–H and O–H groups in total. The molecule has 3 aromatic heterocycles. The smallest absolute Gasteiger partial charge is 0.213 e. The van der Waals surface area contributed by atoms with Gasteiger partial charge in [-0.25, -0.2) is 15.0 Å². The summed E-state index contributed by atoms with van der Waals surface area (Å²) < 4.78 is 13.5. The van der Waals surface area contributed by atoms with Crippen molar-refractivity contribution in [3.63, 3.8) is 0 Å². The summed E-state index contributed by atoms with van der Waals surface area (Å²) in [5, 5.41) is 0. The van der Waals surface area contributed by atoms with Crippen LogP contribution < -0.4 is 4.74 Å². The standard InChI is InChI=1S/C27H41N5O2Si/c1-19-13-23(15-26(29-19)33-4)22-9-8-10-31(17-22)20(2)24-14-25-27(28-16-24)32(21(3)30-25)18-34-11-12-35(5,6)7/h13-16,20,22H,8-12,17-18H2,1-7H3. The van der Waals surface area contributed by atoms with Crippen LogP contribution in [0.5, 0.6) is 5.88 Å². The number of fused-ring (bicyclic) bond motifs is 1. The van der Waals surface area contributed by atoms with E-state index in [9.17, 15) is 0 Å². The summed E-state index contributed by atoms with van der Waals surface area (Å²) in [5.41, 5.74) is 5.40. The molecule has 1 saturated heterocycles. The number of piperidine rings is 1. The Morgan fingerprint density at radius 3 is 2.69 bits per heavy atom. The predicted molar refractivity (Wildman–Crippen MR) is 144 cm³/mol. The quantitative estimate of drug-likeness (QED) is 0.280. The Balaban J connectivity index is 1.46. The van der Waals surface area contributed by atoms with Gasteiger partial charge in [0.1, 0.15) is 18.1 Å². The van der Waals surface area contributed by atoms with Crippen molar-refractivity contribution >= 4 is 19.2 Å². The summed E-state index contributed by atoms with van der Waals surface area (Å²) in [4.78, 5) is 16.7. The SMILES string of the molecule is COc1cc(C2CCCN(C(C)c3cnc4c(c3)nc(C)n4COCC[Si](C)(C)C)C2)cc(C)n1. The highest BCUT2D eigenvalue weighted by molar-refractivity contribution is 6.76. The number of likely N-dealkylation sites (tertiary alicyclic amines) is 1. The van der Waals surface area contributed by atoms with Gasteiger partial charge in [0.2, 0.25) is 5.88 Å². The molecule has 0 radical (unpaired) electrons. The van der Waals surface area contributed by atoms with E-state index in [0.717, 1.165) is 48.4 Å². The number of pyridine rings is 2. The second-order valence-electron chi connectivity index (χ2n) is 11.1. The van der Waals surface area contributed by atoms with Crippen molar-refractivity contribution in [3.05, 3.63) is 47.0 Å². The number of aromatic nitrogens is 4. The van der Waals surface area contributed by atoms with Gasteiger partial charge in [0.25, 0.3) is 0 Å². The van der Waals surface area contributed by atoms with Crippen molar-refractivity contribution in [3.8, 4) is 5.88 Å². The fraction of sp³-hybridized carbons (Fsp3) is 0.593. The molecule has 0 amide bonds. The molecule has 3 aromatic rings. The first-order chi connectivity index (χ1) is 16.6. The molecule has 2 atom stereocenters. The monoisotopic (exact) mass is 495 g/mol. The van der Waals surface area contributed by atoms with Gasteiger partial charge in [-0.2, -0.15) is 0 Å². The minimum absolute atomic E-state index is 0.276. The van der Waals surface area contributed by atoms with Crippen molar-refractivity contribution in [2.75, 3.05) is 26.8 Å². The summed E-state index contributed by atoms with van der Waals surface area (Å²) >= 11 is 0. The van der Waals surface area contributed by atoms with E-state index < -0.39 is 8.07 Å². The number of ether oxygens (including phenoxy) is 2. The highest BCUT2D eigenvalue weighted by atomic mass is 28.3.